The van der Waals surface area contributed by atoms with Crippen LogP contribution >= 0.6 is 0 Å². The molecule has 2 aromatic carbocycles. The topological polar surface area (TPSA) is 59.2 Å². The summed E-state index contributed by atoms with van der Waals surface area (Å²) < 4.78 is 5.48. The highest BCUT2D eigenvalue weighted by Gasteiger charge is 2.26. The molecule has 29 heavy (non-hydrogen) atoms. The van der Waals surface area contributed by atoms with Crippen molar-refractivity contribution in [2.24, 2.45) is 0 Å². The lowest BCUT2D eigenvalue weighted by Gasteiger charge is -2.29. The molecule has 0 unspecified atom stereocenters. The molecule has 1 saturated heterocycles. The Balaban J connectivity index is 1.34. The van der Waals surface area contributed by atoms with E-state index in [1.165, 1.54) is 5.56 Å². The molecule has 0 radical (unpaired) electrons. The molecule has 1 aromatic heterocycles. The smallest absolute Gasteiger partial charge is 0.257 e. The van der Waals surface area contributed by atoms with Crippen LogP contribution in [-0.2, 0) is 4.79 Å². The molecule has 1 fully saturated rings. The van der Waals surface area contributed by atoms with Crippen LogP contribution in [0.3, 0.4) is 0 Å². The van der Waals surface area contributed by atoms with Crippen molar-refractivity contribution in [1.82, 2.24) is 15.0 Å². The van der Waals surface area contributed by atoms with Gasteiger partial charge in [-0.15, -0.1) is 0 Å². The van der Waals surface area contributed by atoms with Crippen molar-refractivity contribution in [3.8, 4) is 11.5 Å². The molecule has 2 heterocycles. The maximum Gasteiger partial charge on any atom is 0.257 e. The fourth-order valence-electron chi connectivity index (χ4n) is 3.60. The molecule has 0 saturated carbocycles. The maximum absolute atomic E-state index is 12.5. The first-order valence-electron chi connectivity index (χ1n) is 10.0. The largest absolute Gasteiger partial charge is 0.339 e. The number of amides is 1. The lowest BCUT2D eigenvalue weighted by atomic mass is 9.96. The third-order valence-corrected chi connectivity index (χ3v) is 5.37. The standard InChI is InChI=1S/C24H25N3O2/c1-17-6-8-19(9-7-17)10-11-22(28)27-14-12-20(13-15-27)23-25-24(29-26-23)21-5-3-4-18(2)16-21/h3-11,16,20H,12-15H2,1-2H3/b11-10+. The van der Waals surface area contributed by atoms with E-state index in [9.17, 15) is 4.79 Å². The predicted octanol–water partition coefficient (Wildman–Crippen LogP) is 4.77. The zero-order valence-corrected chi connectivity index (χ0v) is 16.8. The van der Waals surface area contributed by atoms with Gasteiger partial charge in [-0.25, -0.2) is 0 Å². The molecule has 4 rings (SSSR count). The van der Waals surface area contributed by atoms with Crippen LogP contribution in [0.1, 0.15) is 41.3 Å². The highest BCUT2D eigenvalue weighted by molar-refractivity contribution is 5.91. The Hall–Kier alpha value is -3.21. The molecule has 0 aliphatic carbocycles. The van der Waals surface area contributed by atoms with Gasteiger partial charge < -0.3 is 9.42 Å². The Morgan fingerprint density at radius 2 is 1.83 bits per heavy atom. The number of aromatic nitrogens is 2. The first-order chi connectivity index (χ1) is 14.1. The van der Waals surface area contributed by atoms with Crippen molar-refractivity contribution in [1.29, 1.82) is 0 Å². The number of benzene rings is 2. The Morgan fingerprint density at radius 1 is 1.07 bits per heavy atom. The molecule has 148 valence electrons. The number of aryl methyl sites for hydroxylation is 2. The van der Waals surface area contributed by atoms with Crippen LogP contribution in [0.25, 0.3) is 17.5 Å². The Morgan fingerprint density at radius 3 is 2.55 bits per heavy atom. The summed E-state index contributed by atoms with van der Waals surface area (Å²) >= 11 is 0. The molecular weight excluding hydrogens is 362 g/mol. The third kappa shape index (κ3) is 4.62. The van der Waals surface area contributed by atoms with E-state index >= 15 is 0 Å². The van der Waals surface area contributed by atoms with Gasteiger partial charge in [-0.05, 0) is 50.5 Å². The zero-order chi connectivity index (χ0) is 20.2. The minimum absolute atomic E-state index is 0.0533. The molecule has 0 atom stereocenters. The molecule has 3 aromatic rings. The molecule has 1 amide bonds. The van der Waals surface area contributed by atoms with Crippen molar-refractivity contribution < 1.29 is 9.32 Å². The number of carbonyl (C=O) groups excluding carboxylic acids is 1. The number of rotatable bonds is 4. The normalized spacial score (nSPS) is 15.2. The van der Waals surface area contributed by atoms with E-state index < -0.39 is 0 Å². The van der Waals surface area contributed by atoms with Crippen LogP contribution in [0.5, 0.6) is 0 Å². The van der Waals surface area contributed by atoms with Crippen molar-refractivity contribution in [2.45, 2.75) is 32.6 Å². The number of carbonyl (C=O) groups is 1. The van der Waals surface area contributed by atoms with Crippen LogP contribution in [-0.4, -0.2) is 34.0 Å². The number of piperidine rings is 1. The molecule has 1 aliphatic heterocycles. The van der Waals surface area contributed by atoms with Crippen LogP contribution in [0, 0.1) is 13.8 Å². The van der Waals surface area contributed by atoms with Crippen molar-refractivity contribution in [3.63, 3.8) is 0 Å². The van der Waals surface area contributed by atoms with Gasteiger partial charge in [0.1, 0.15) is 0 Å². The van der Waals surface area contributed by atoms with Crippen LogP contribution in [0.15, 0.2) is 59.1 Å². The monoisotopic (exact) mass is 387 g/mol. The highest BCUT2D eigenvalue weighted by Crippen LogP contribution is 2.28. The lowest BCUT2D eigenvalue weighted by Crippen LogP contribution is -2.37. The summed E-state index contributed by atoms with van der Waals surface area (Å²) in [6, 6.07) is 16.2. The summed E-state index contributed by atoms with van der Waals surface area (Å²) in [4.78, 5) is 19.0. The van der Waals surface area contributed by atoms with Gasteiger partial charge in [0.25, 0.3) is 5.89 Å². The van der Waals surface area contributed by atoms with Gasteiger partial charge in [0.15, 0.2) is 5.82 Å². The van der Waals surface area contributed by atoms with Gasteiger partial charge in [0.05, 0.1) is 0 Å². The summed E-state index contributed by atoms with van der Waals surface area (Å²) in [5.41, 5.74) is 4.35. The summed E-state index contributed by atoms with van der Waals surface area (Å²) in [6.07, 6.45) is 5.23. The molecule has 0 N–H and O–H groups in total. The van der Waals surface area contributed by atoms with Gasteiger partial charge in [-0.2, -0.15) is 4.98 Å². The second kappa shape index (κ2) is 8.43. The second-order valence-corrected chi connectivity index (χ2v) is 7.67. The van der Waals surface area contributed by atoms with Crippen molar-refractivity contribution in [3.05, 3.63) is 77.1 Å². The van der Waals surface area contributed by atoms with Gasteiger partial charge in [-0.1, -0.05) is 52.7 Å². The Bertz CT molecular complexity index is 1010. The van der Waals surface area contributed by atoms with E-state index in [0.717, 1.165) is 35.4 Å². The SMILES string of the molecule is Cc1ccc(/C=C/C(=O)N2CCC(c3noc(-c4cccc(C)c4)n3)CC2)cc1. The number of hydrogen-bond acceptors (Lipinski definition) is 4. The van der Waals surface area contributed by atoms with Crippen LogP contribution < -0.4 is 0 Å². The van der Waals surface area contributed by atoms with Gasteiger partial charge in [0.2, 0.25) is 5.91 Å². The summed E-state index contributed by atoms with van der Waals surface area (Å²) in [7, 11) is 0. The highest BCUT2D eigenvalue weighted by atomic mass is 16.5. The lowest BCUT2D eigenvalue weighted by molar-refractivity contribution is -0.127. The van der Waals surface area contributed by atoms with Crippen LogP contribution in [0.4, 0.5) is 0 Å². The van der Waals surface area contributed by atoms with Gasteiger partial charge in [-0.3, -0.25) is 4.79 Å². The molecule has 1 aliphatic rings. The summed E-state index contributed by atoms with van der Waals surface area (Å²) in [5.74, 6) is 1.58. The first-order valence-corrected chi connectivity index (χ1v) is 10.0. The number of nitrogens with zero attached hydrogens (tertiary/aromatic N) is 3. The summed E-state index contributed by atoms with van der Waals surface area (Å²) in [6.45, 7) is 5.50. The fraction of sp³-hybridized carbons (Fsp3) is 0.292. The number of likely N-dealkylation sites (tertiary alicyclic amines) is 1. The zero-order valence-electron chi connectivity index (χ0n) is 16.8. The second-order valence-electron chi connectivity index (χ2n) is 7.67. The Kier molecular flexibility index (Phi) is 5.56. The third-order valence-electron chi connectivity index (χ3n) is 5.37. The quantitative estimate of drug-likeness (QED) is 0.605. The minimum Gasteiger partial charge on any atom is -0.339 e. The molecular formula is C24H25N3O2. The molecule has 0 bridgehead atoms. The average Bonchev–Trinajstić information content (AvgIpc) is 3.24. The fourth-order valence-corrected chi connectivity index (χ4v) is 3.60. The predicted molar refractivity (Wildman–Crippen MR) is 113 cm³/mol. The minimum atomic E-state index is 0.0533. The first kappa shape index (κ1) is 19.1. The van der Waals surface area contributed by atoms with E-state index in [4.69, 9.17) is 4.52 Å². The van der Waals surface area contributed by atoms with E-state index in [2.05, 4.69) is 17.1 Å². The van der Waals surface area contributed by atoms with Gasteiger partial charge in [0, 0.05) is 30.6 Å². The van der Waals surface area contributed by atoms with E-state index in [1.54, 1.807) is 6.08 Å². The molecule has 5 nitrogen and oxygen atoms in total. The Labute approximate surface area is 171 Å². The average molecular weight is 387 g/mol. The number of hydrogen-bond donors (Lipinski definition) is 0. The molecule has 0 spiro atoms. The van der Waals surface area contributed by atoms with E-state index in [-0.39, 0.29) is 11.8 Å². The molecule has 5 heteroatoms. The van der Waals surface area contributed by atoms with Crippen molar-refractivity contribution >= 4 is 12.0 Å². The van der Waals surface area contributed by atoms with E-state index in [0.29, 0.717) is 19.0 Å². The van der Waals surface area contributed by atoms with Crippen molar-refractivity contribution in [2.75, 3.05) is 13.1 Å². The van der Waals surface area contributed by atoms with Gasteiger partial charge >= 0.3 is 0 Å². The van der Waals surface area contributed by atoms with E-state index in [1.807, 2.05) is 66.4 Å². The van der Waals surface area contributed by atoms with Crippen LogP contribution in [0.2, 0.25) is 0 Å². The summed E-state index contributed by atoms with van der Waals surface area (Å²) in [5, 5.41) is 4.20. The maximum atomic E-state index is 12.5.